The molecule has 0 saturated carbocycles. The van der Waals surface area contributed by atoms with Crippen molar-refractivity contribution < 1.29 is 19.8 Å². The molecule has 0 bridgehead atoms. The molecule has 0 amide bonds. The van der Waals surface area contributed by atoms with E-state index < -0.39 is 23.8 Å². The summed E-state index contributed by atoms with van der Waals surface area (Å²) in [5.74, 6) is -3.33. The molecule has 0 saturated heterocycles. The van der Waals surface area contributed by atoms with Gasteiger partial charge in [-0.15, -0.1) is 0 Å². The Morgan fingerprint density at radius 2 is 0.500 bits per heavy atom. The number of unbranched alkanes of at least 4 members (excludes halogenated alkanes) is 28. The minimum Gasteiger partial charge on any atom is -0.481 e. The van der Waals surface area contributed by atoms with E-state index in [0.717, 1.165) is 38.5 Å². The molecule has 0 aromatic heterocycles. The van der Waals surface area contributed by atoms with Crippen molar-refractivity contribution in [3.8, 4) is 0 Å². The van der Waals surface area contributed by atoms with Crippen LogP contribution in [0.1, 0.15) is 219 Å². The molecule has 0 spiro atoms. The number of hydrogen-bond donors (Lipinski definition) is 2. The first-order valence-electron chi connectivity index (χ1n) is 19.0. The molecule has 4 heteroatoms. The lowest BCUT2D eigenvalue weighted by Gasteiger charge is -2.20. The Kier molecular flexibility index (Phi) is 32.0. The molecular weight excluding hydrogens is 520 g/mol. The summed E-state index contributed by atoms with van der Waals surface area (Å²) < 4.78 is 0. The van der Waals surface area contributed by atoms with Gasteiger partial charge in [0.25, 0.3) is 0 Å². The van der Waals surface area contributed by atoms with Crippen molar-refractivity contribution in [2.24, 2.45) is 11.8 Å². The van der Waals surface area contributed by atoms with E-state index in [0.29, 0.717) is 12.8 Å². The number of hydrogen-bond acceptors (Lipinski definition) is 2. The average Bonchev–Trinajstić information content (AvgIpc) is 2.97. The van der Waals surface area contributed by atoms with Gasteiger partial charge in [-0.1, -0.05) is 206 Å². The van der Waals surface area contributed by atoms with Crippen LogP contribution in [0.5, 0.6) is 0 Å². The molecule has 0 radical (unpaired) electrons. The van der Waals surface area contributed by atoms with Crippen LogP contribution in [-0.4, -0.2) is 22.2 Å². The third kappa shape index (κ3) is 27.8. The zero-order valence-electron chi connectivity index (χ0n) is 28.5. The Morgan fingerprint density at radius 3 is 0.667 bits per heavy atom. The van der Waals surface area contributed by atoms with Crippen LogP contribution in [-0.2, 0) is 9.59 Å². The first kappa shape index (κ1) is 40.9. The molecule has 0 aliphatic heterocycles. The smallest absolute Gasteiger partial charge is 0.307 e. The van der Waals surface area contributed by atoms with Crippen LogP contribution >= 0.6 is 0 Å². The Balaban J connectivity index is 3.75. The predicted octanol–water partition coefficient (Wildman–Crippen LogP) is 12.9. The third-order valence-corrected chi connectivity index (χ3v) is 9.36. The zero-order valence-corrected chi connectivity index (χ0v) is 28.5. The molecule has 2 unspecified atom stereocenters. The van der Waals surface area contributed by atoms with Crippen molar-refractivity contribution in [1.29, 1.82) is 0 Å². The van der Waals surface area contributed by atoms with E-state index >= 15 is 0 Å². The number of aliphatic carboxylic acids is 2. The average molecular weight is 595 g/mol. The molecule has 0 aromatic rings. The number of carboxylic acids is 2. The lowest BCUT2D eigenvalue weighted by atomic mass is 9.84. The van der Waals surface area contributed by atoms with Gasteiger partial charge in [-0.05, 0) is 12.8 Å². The molecule has 42 heavy (non-hydrogen) atoms. The fourth-order valence-corrected chi connectivity index (χ4v) is 6.46. The Morgan fingerprint density at radius 1 is 0.333 bits per heavy atom. The molecular formula is C38H74O4. The minimum absolute atomic E-state index is 0.503. The Bertz CT molecular complexity index is 575. The summed E-state index contributed by atoms with van der Waals surface area (Å²) >= 11 is 0. The SMILES string of the molecule is CCCCCCCCCCCCCCCCCCCCC(C(=O)O)C(CCCCCCCCCCCCCC)C(=O)O. The van der Waals surface area contributed by atoms with Gasteiger partial charge in [-0.2, -0.15) is 0 Å². The number of rotatable bonds is 35. The van der Waals surface area contributed by atoms with Crippen molar-refractivity contribution in [3.05, 3.63) is 0 Å². The van der Waals surface area contributed by atoms with Gasteiger partial charge in [-0.25, -0.2) is 0 Å². The molecule has 0 rings (SSSR count). The molecule has 4 nitrogen and oxygen atoms in total. The summed E-state index contributed by atoms with van der Waals surface area (Å²) in [6, 6.07) is 0. The van der Waals surface area contributed by atoms with Crippen LogP contribution in [0.3, 0.4) is 0 Å². The fourth-order valence-electron chi connectivity index (χ4n) is 6.46. The van der Waals surface area contributed by atoms with Gasteiger partial charge in [0.15, 0.2) is 0 Å². The van der Waals surface area contributed by atoms with Gasteiger partial charge in [-0.3, -0.25) is 9.59 Å². The van der Waals surface area contributed by atoms with Crippen LogP contribution in [0.15, 0.2) is 0 Å². The summed E-state index contributed by atoms with van der Waals surface area (Å²) in [5.41, 5.74) is 0. The normalized spacial score (nSPS) is 12.9. The lowest BCUT2D eigenvalue weighted by molar-refractivity contribution is -0.154. The molecule has 0 aliphatic carbocycles. The highest BCUT2D eigenvalue weighted by atomic mass is 16.4. The largest absolute Gasteiger partial charge is 0.481 e. The number of carbonyl (C=O) groups is 2. The molecule has 0 aliphatic rings. The van der Waals surface area contributed by atoms with E-state index in [1.807, 2.05) is 0 Å². The monoisotopic (exact) mass is 595 g/mol. The molecule has 0 heterocycles. The molecule has 2 N–H and O–H groups in total. The minimum atomic E-state index is -0.923. The van der Waals surface area contributed by atoms with Gasteiger partial charge < -0.3 is 10.2 Å². The molecule has 250 valence electrons. The van der Waals surface area contributed by atoms with Crippen LogP contribution in [0.4, 0.5) is 0 Å². The lowest BCUT2D eigenvalue weighted by Crippen LogP contribution is -2.30. The van der Waals surface area contributed by atoms with E-state index in [1.54, 1.807) is 0 Å². The maximum atomic E-state index is 11.9. The van der Waals surface area contributed by atoms with Gasteiger partial charge in [0, 0.05) is 0 Å². The number of carboxylic acid groups (broad SMARTS) is 2. The third-order valence-electron chi connectivity index (χ3n) is 9.36. The highest BCUT2D eigenvalue weighted by Gasteiger charge is 2.32. The summed E-state index contributed by atoms with van der Waals surface area (Å²) in [7, 11) is 0. The van der Waals surface area contributed by atoms with Crippen LogP contribution < -0.4 is 0 Å². The topological polar surface area (TPSA) is 74.6 Å². The predicted molar refractivity (Wildman–Crippen MR) is 181 cm³/mol. The van der Waals surface area contributed by atoms with Crippen molar-refractivity contribution >= 4 is 11.9 Å². The van der Waals surface area contributed by atoms with Crippen molar-refractivity contribution in [1.82, 2.24) is 0 Å². The molecule has 2 atom stereocenters. The second kappa shape index (κ2) is 32.8. The van der Waals surface area contributed by atoms with Crippen LogP contribution in [0.25, 0.3) is 0 Å². The summed E-state index contributed by atoms with van der Waals surface area (Å²) in [6.07, 6.45) is 39.5. The van der Waals surface area contributed by atoms with Gasteiger partial charge >= 0.3 is 11.9 Å². The van der Waals surface area contributed by atoms with Gasteiger partial charge in [0.1, 0.15) is 0 Å². The van der Waals surface area contributed by atoms with Crippen molar-refractivity contribution in [2.75, 3.05) is 0 Å². The summed E-state index contributed by atoms with van der Waals surface area (Å²) in [4.78, 5) is 23.8. The van der Waals surface area contributed by atoms with Crippen LogP contribution in [0, 0.1) is 11.8 Å². The van der Waals surface area contributed by atoms with Crippen LogP contribution in [0.2, 0.25) is 0 Å². The summed E-state index contributed by atoms with van der Waals surface area (Å²) in [5, 5.41) is 19.5. The van der Waals surface area contributed by atoms with E-state index in [9.17, 15) is 19.8 Å². The maximum absolute atomic E-state index is 11.9. The van der Waals surface area contributed by atoms with Gasteiger partial charge in [0.05, 0.1) is 11.8 Å². The first-order chi connectivity index (χ1) is 20.5. The van der Waals surface area contributed by atoms with E-state index in [2.05, 4.69) is 13.8 Å². The second-order valence-corrected chi connectivity index (χ2v) is 13.4. The fraction of sp³-hybridized carbons (Fsp3) is 0.947. The molecule has 0 aromatic carbocycles. The Hall–Kier alpha value is -1.06. The van der Waals surface area contributed by atoms with Crippen molar-refractivity contribution in [2.45, 2.75) is 219 Å². The highest BCUT2D eigenvalue weighted by Crippen LogP contribution is 2.26. The second-order valence-electron chi connectivity index (χ2n) is 13.4. The van der Waals surface area contributed by atoms with Gasteiger partial charge in [0.2, 0.25) is 0 Å². The standard InChI is InChI=1S/C38H74O4/c1-3-5-7-9-11-13-15-17-18-19-20-21-22-24-26-28-30-32-34-36(38(41)42)35(37(39)40)33-31-29-27-25-23-16-14-12-10-8-6-4-2/h35-36H,3-34H2,1-2H3,(H,39,40)(H,41,42). The first-order valence-corrected chi connectivity index (χ1v) is 19.0. The van der Waals surface area contributed by atoms with Crippen molar-refractivity contribution in [3.63, 3.8) is 0 Å². The van der Waals surface area contributed by atoms with E-state index in [-0.39, 0.29) is 0 Å². The highest BCUT2D eigenvalue weighted by molar-refractivity contribution is 5.79. The Labute approximate surface area is 262 Å². The maximum Gasteiger partial charge on any atom is 0.307 e. The quantitative estimate of drug-likeness (QED) is 0.0716. The summed E-state index contributed by atoms with van der Waals surface area (Å²) in [6.45, 7) is 4.53. The molecule has 0 fully saturated rings. The van der Waals surface area contributed by atoms with E-state index in [1.165, 1.54) is 154 Å². The zero-order chi connectivity index (χ0) is 30.9. The van der Waals surface area contributed by atoms with E-state index in [4.69, 9.17) is 0 Å².